The van der Waals surface area contributed by atoms with Gasteiger partial charge >= 0.3 is 0 Å². The maximum Gasteiger partial charge on any atom is 0.216 e. The number of allylic oxidation sites excluding steroid dienone is 4. The largest absolute Gasteiger partial charge is 0.344 e. The van der Waals surface area contributed by atoms with Crippen LogP contribution in [-0.2, 0) is 0 Å². The number of hydrogen-bond acceptors (Lipinski definition) is 5. The molecule has 1 saturated heterocycles. The van der Waals surface area contributed by atoms with Gasteiger partial charge in [0.1, 0.15) is 0 Å². The van der Waals surface area contributed by atoms with Gasteiger partial charge in [-0.2, -0.15) is 16.9 Å². The molecule has 5 nitrogen and oxygen atoms in total. The molecule has 1 fully saturated rings. The molecule has 1 N–H and O–H groups in total. The number of thioether (sulfide) groups is 1. The quantitative estimate of drug-likeness (QED) is 0.595. The van der Waals surface area contributed by atoms with Gasteiger partial charge in [0.05, 0.1) is 11.4 Å². The summed E-state index contributed by atoms with van der Waals surface area (Å²) >= 11 is 7.17. The Labute approximate surface area is 122 Å². The predicted octanol–water partition coefficient (Wildman–Crippen LogP) is 2.78. The topological polar surface area (TPSA) is 51.4 Å². The summed E-state index contributed by atoms with van der Waals surface area (Å²) in [7, 11) is 0. The molecule has 0 aromatic heterocycles. The van der Waals surface area contributed by atoms with Gasteiger partial charge in [-0.15, -0.1) is 5.11 Å². The van der Waals surface area contributed by atoms with Gasteiger partial charge in [0.25, 0.3) is 0 Å². The lowest BCUT2D eigenvalue weighted by molar-refractivity contribution is -0.00149. The van der Waals surface area contributed by atoms with Gasteiger partial charge in [-0.1, -0.05) is 6.08 Å². The fourth-order valence-corrected chi connectivity index (χ4v) is 2.83. The van der Waals surface area contributed by atoms with Crippen LogP contribution in [0, 0.1) is 0 Å². The highest BCUT2D eigenvalue weighted by molar-refractivity contribution is 7.99. The van der Waals surface area contributed by atoms with Crippen molar-refractivity contribution in [2.45, 2.75) is 6.92 Å². The molecule has 0 aromatic rings. The van der Waals surface area contributed by atoms with Crippen LogP contribution in [0.1, 0.15) is 6.92 Å². The van der Waals surface area contributed by atoms with Crippen LogP contribution in [-0.4, -0.2) is 44.9 Å². The van der Waals surface area contributed by atoms with E-state index < -0.39 is 0 Å². The van der Waals surface area contributed by atoms with Crippen LogP contribution in [0.25, 0.3) is 0 Å². The molecule has 2 heterocycles. The van der Waals surface area contributed by atoms with Crippen molar-refractivity contribution < 1.29 is 5.21 Å². The lowest BCUT2D eigenvalue weighted by Crippen LogP contribution is -2.35. The maximum absolute atomic E-state index is 9.64. The molecule has 0 amide bonds. The monoisotopic (exact) mass is 296 g/mol. The number of hydrogen-bond donors (Lipinski definition) is 1. The zero-order valence-corrected chi connectivity index (χ0v) is 12.3. The molecule has 19 heavy (non-hydrogen) atoms. The van der Waals surface area contributed by atoms with Gasteiger partial charge in [0.15, 0.2) is 0 Å². The molecule has 102 valence electrons. The van der Waals surface area contributed by atoms with Crippen LogP contribution in [0.2, 0.25) is 0 Å². The molecule has 0 radical (unpaired) electrons. The Balaban J connectivity index is 2.01. The Bertz CT molecular complexity index is 464. The van der Waals surface area contributed by atoms with Gasteiger partial charge in [-0.25, -0.2) is 5.06 Å². The summed E-state index contributed by atoms with van der Waals surface area (Å²) < 4.78 is 0. The highest BCUT2D eigenvalue weighted by Gasteiger charge is 2.13. The molecular weight excluding hydrogens is 280 g/mol. The standard InChI is InChI=1S/C12H16N4OS2/c1-10(11-4-2-3-5-16(11)17)13-14-12(18)15-6-8-19-9-7-15/h2-5,17H,6-9H2,1H3. The Morgan fingerprint density at radius 1 is 1.32 bits per heavy atom. The molecule has 0 unspecified atom stereocenters. The Hall–Kier alpha value is -1.18. The van der Waals surface area contributed by atoms with Crippen LogP contribution in [0.3, 0.4) is 0 Å². The van der Waals surface area contributed by atoms with E-state index in [0.29, 0.717) is 16.5 Å². The van der Waals surface area contributed by atoms with E-state index >= 15 is 0 Å². The summed E-state index contributed by atoms with van der Waals surface area (Å²) in [5.41, 5.74) is 1.22. The van der Waals surface area contributed by atoms with Crippen LogP contribution in [0.5, 0.6) is 0 Å². The lowest BCUT2D eigenvalue weighted by atomic mass is 10.2. The van der Waals surface area contributed by atoms with Crippen LogP contribution >= 0.6 is 24.0 Å². The molecular formula is C12H16N4OS2. The van der Waals surface area contributed by atoms with Crippen molar-refractivity contribution in [3.05, 3.63) is 35.8 Å². The van der Waals surface area contributed by atoms with E-state index in [1.165, 1.54) is 0 Å². The average Bonchev–Trinajstić information content (AvgIpc) is 2.46. The Morgan fingerprint density at radius 3 is 2.74 bits per heavy atom. The molecule has 2 rings (SSSR count). The van der Waals surface area contributed by atoms with E-state index in [2.05, 4.69) is 15.1 Å². The first-order valence-electron chi connectivity index (χ1n) is 6.01. The summed E-state index contributed by atoms with van der Waals surface area (Å²) in [6.07, 6.45) is 6.90. The first kappa shape index (κ1) is 14.2. The van der Waals surface area contributed by atoms with Gasteiger partial charge in [-0.3, -0.25) is 5.21 Å². The smallest absolute Gasteiger partial charge is 0.216 e. The molecule has 2 aliphatic heterocycles. The number of thiocarbonyl (C=S) groups is 1. The number of nitrogens with zero attached hydrogens (tertiary/aromatic N) is 4. The van der Waals surface area contributed by atoms with Crippen molar-refractivity contribution in [2.24, 2.45) is 10.2 Å². The first-order valence-corrected chi connectivity index (χ1v) is 7.57. The van der Waals surface area contributed by atoms with Crippen LogP contribution in [0.15, 0.2) is 46.1 Å². The third-order valence-corrected chi connectivity index (χ3v) is 4.06. The molecule has 0 saturated carbocycles. The summed E-state index contributed by atoms with van der Waals surface area (Å²) in [6.45, 7) is 3.64. The average molecular weight is 296 g/mol. The van der Waals surface area contributed by atoms with Crippen molar-refractivity contribution in [3.63, 3.8) is 0 Å². The molecule has 2 aliphatic rings. The number of rotatable bonds is 1. The van der Waals surface area contributed by atoms with Gasteiger partial charge in [0, 0.05) is 30.8 Å². The van der Waals surface area contributed by atoms with E-state index in [4.69, 9.17) is 12.2 Å². The predicted molar refractivity (Wildman–Crippen MR) is 81.0 cm³/mol. The molecule has 0 bridgehead atoms. The van der Waals surface area contributed by atoms with Crippen molar-refractivity contribution in [1.82, 2.24) is 9.96 Å². The summed E-state index contributed by atoms with van der Waals surface area (Å²) in [5, 5.41) is 19.4. The minimum Gasteiger partial charge on any atom is -0.344 e. The van der Waals surface area contributed by atoms with Crippen molar-refractivity contribution in [3.8, 4) is 0 Å². The molecule has 0 aliphatic carbocycles. The maximum atomic E-state index is 9.64. The number of hydroxylamine groups is 2. The van der Waals surface area contributed by atoms with Gasteiger partial charge in [-0.05, 0) is 31.3 Å². The lowest BCUT2D eigenvalue weighted by Gasteiger charge is -2.25. The SMILES string of the molecule is CC(N=NC(=S)N1CCSCC1)=C1C=CC=CN1O. The molecule has 0 aromatic carbocycles. The minimum atomic E-state index is 0.514. The molecule has 0 atom stereocenters. The third kappa shape index (κ3) is 3.89. The Kier molecular flexibility index (Phi) is 5.12. The second-order valence-electron chi connectivity index (χ2n) is 4.10. The van der Waals surface area contributed by atoms with Crippen molar-refractivity contribution in [1.29, 1.82) is 0 Å². The normalized spacial score (nSPS) is 22.2. The summed E-state index contributed by atoms with van der Waals surface area (Å²) in [5.74, 6) is 2.15. The summed E-state index contributed by atoms with van der Waals surface area (Å²) in [6, 6.07) is 0. The van der Waals surface area contributed by atoms with Crippen LogP contribution in [0.4, 0.5) is 0 Å². The minimum absolute atomic E-state index is 0.514. The zero-order chi connectivity index (χ0) is 13.7. The van der Waals surface area contributed by atoms with Gasteiger partial charge < -0.3 is 4.90 Å². The van der Waals surface area contributed by atoms with Gasteiger partial charge in [0.2, 0.25) is 5.11 Å². The fourth-order valence-electron chi connectivity index (χ4n) is 1.71. The Morgan fingerprint density at radius 2 is 2.05 bits per heavy atom. The van der Waals surface area contributed by atoms with Crippen molar-refractivity contribution >= 4 is 29.1 Å². The highest BCUT2D eigenvalue weighted by atomic mass is 32.2. The highest BCUT2D eigenvalue weighted by Crippen LogP contribution is 2.16. The van der Waals surface area contributed by atoms with Crippen molar-refractivity contribution in [2.75, 3.05) is 24.6 Å². The zero-order valence-electron chi connectivity index (χ0n) is 10.7. The van der Waals surface area contributed by atoms with E-state index in [1.807, 2.05) is 17.8 Å². The van der Waals surface area contributed by atoms with E-state index in [0.717, 1.165) is 29.7 Å². The fraction of sp³-hybridized carbons (Fsp3) is 0.417. The molecule has 7 heteroatoms. The van der Waals surface area contributed by atoms with E-state index in [9.17, 15) is 5.21 Å². The second-order valence-corrected chi connectivity index (χ2v) is 5.69. The first-order chi connectivity index (χ1) is 9.18. The third-order valence-electron chi connectivity index (χ3n) is 2.78. The number of azo groups is 1. The van der Waals surface area contributed by atoms with E-state index in [-0.39, 0.29) is 0 Å². The molecule has 0 spiro atoms. The summed E-state index contributed by atoms with van der Waals surface area (Å²) in [4.78, 5) is 2.06. The van der Waals surface area contributed by atoms with Crippen LogP contribution < -0.4 is 0 Å². The van der Waals surface area contributed by atoms with E-state index in [1.54, 1.807) is 25.3 Å². The second kappa shape index (κ2) is 6.83.